The Morgan fingerprint density at radius 2 is 2.00 bits per heavy atom. The van der Waals surface area contributed by atoms with Crippen LogP contribution < -0.4 is 5.32 Å². The van der Waals surface area contributed by atoms with Crippen molar-refractivity contribution in [3.63, 3.8) is 0 Å². The lowest BCUT2D eigenvalue weighted by Gasteiger charge is -2.35. The zero-order valence-electron chi connectivity index (χ0n) is 10.9. The highest BCUT2D eigenvalue weighted by atomic mass is 16.3. The van der Waals surface area contributed by atoms with Gasteiger partial charge in [-0.25, -0.2) is 0 Å². The number of aliphatic hydroxyl groups is 1. The molecule has 0 saturated carbocycles. The highest BCUT2D eigenvalue weighted by molar-refractivity contribution is 5.82. The minimum Gasteiger partial charge on any atom is -0.392 e. The molecule has 1 amide bonds. The van der Waals surface area contributed by atoms with E-state index in [9.17, 15) is 9.90 Å². The van der Waals surface area contributed by atoms with Crippen molar-refractivity contribution in [2.45, 2.75) is 45.3 Å². The number of hydrogen-bond acceptors (Lipinski definition) is 3. The SMILES string of the molecule is CC(C)C1CCN(C(=O)[C@H]2C[C@@H](O)CN2)CC1. The third kappa shape index (κ3) is 2.99. The Balaban J connectivity index is 1.82. The quantitative estimate of drug-likeness (QED) is 0.743. The number of nitrogens with zero attached hydrogens (tertiary/aromatic N) is 1. The molecule has 0 bridgehead atoms. The van der Waals surface area contributed by atoms with Crippen LogP contribution in [0.1, 0.15) is 33.1 Å². The molecule has 0 spiro atoms. The molecule has 0 aliphatic carbocycles. The average molecular weight is 240 g/mol. The number of β-amino-alcohol motifs (C(OH)–C–C–N with tert-alkyl or cyclic N) is 1. The van der Waals surface area contributed by atoms with Gasteiger partial charge in [0.15, 0.2) is 0 Å². The summed E-state index contributed by atoms with van der Waals surface area (Å²) in [5, 5.41) is 12.5. The van der Waals surface area contributed by atoms with Crippen LogP contribution in [0.5, 0.6) is 0 Å². The molecule has 4 heteroatoms. The summed E-state index contributed by atoms with van der Waals surface area (Å²) in [4.78, 5) is 14.1. The normalized spacial score (nSPS) is 31.2. The maximum absolute atomic E-state index is 12.2. The molecule has 4 nitrogen and oxygen atoms in total. The molecule has 0 aromatic heterocycles. The topological polar surface area (TPSA) is 52.6 Å². The number of carbonyl (C=O) groups is 1. The van der Waals surface area contributed by atoms with E-state index in [1.165, 1.54) is 0 Å². The van der Waals surface area contributed by atoms with Gasteiger partial charge in [0, 0.05) is 19.6 Å². The first kappa shape index (κ1) is 12.8. The van der Waals surface area contributed by atoms with Crippen molar-refractivity contribution >= 4 is 5.91 Å². The fourth-order valence-corrected chi connectivity index (χ4v) is 2.91. The first-order valence-electron chi connectivity index (χ1n) is 6.78. The summed E-state index contributed by atoms with van der Waals surface area (Å²) in [6.07, 6.45) is 2.47. The lowest BCUT2D eigenvalue weighted by Crippen LogP contribution is -2.47. The van der Waals surface area contributed by atoms with Gasteiger partial charge >= 0.3 is 0 Å². The van der Waals surface area contributed by atoms with E-state index in [1.54, 1.807) is 0 Å². The first-order valence-corrected chi connectivity index (χ1v) is 6.78. The summed E-state index contributed by atoms with van der Waals surface area (Å²) in [5.41, 5.74) is 0. The number of amides is 1. The van der Waals surface area contributed by atoms with Crippen molar-refractivity contribution in [2.24, 2.45) is 11.8 Å². The zero-order valence-corrected chi connectivity index (χ0v) is 10.9. The van der Waals surface area contributed by atoms with Crippen LogP contribution in [0, 0.1) is 11.8 Å². The first-order chi connectivity index (χ1) is 8.08. The molecule has 2 aliphatic rings. The molecule has 2 fully saturated rings. The average Bonchev–Trinajstić information content (AvgIpc) is 2.75. The molecule has 2 atom stereocenters. The molecule has 0 unspecified atom stereocenters. The molecule has 2 heterocycles. The molecular formula is C13H24N2O2. The summed E-state index contributed by atoms with van der Waals surface area (Å²) in [6, 6.07) is -0.152. The van der Waals surface area contributed by atoms with E-state index in [-0.39, 0.29) is 18.1 Å². The van der Waals surface area contributed by atoms with Crippen LogP contribution in [0.2, 0.25) is 0 Å². The summed E-state index contributed by atoms with van der Waals surface area (Å²) in [5.74, 6) is 1.67. The van der Waals surface area contributed by atoms with Gasteiger partial charge in [0.05, 0.1) is 12.1 Å². The van der Waals surface area contributed by atoms with Crippen LogP contribution in [-0.2, 0) is 4.79 Å². The monoisotopic (exact) mass is 240 g/mol. The Labute approximate surface area is 103 Å². The van der Waals surface area contributed by atoms with E-state index in [1.807, 2.05) is 4.90 Å². The van der Waals surface area contributed by atoms with E-state index < -0.39 is 0 Å². The predicted octanol–water partition coefficient (Wildman–Crippen LogP) is 0.604. The zero-order chi connectivity index (χ0) is 12.4. The van der Waals surface area contributed by atoms with Crippen molar-refractivity contribution in [3.8, 4) is 0 Å². The second-order valence-electron chi connectivity index (χ2n) is 5.76. The van der Waals surface area contributed by atoms with Crippen molar-refractivity contribution in [3.05, 3.63) is 0 Å². The largest absolute Gasteiger partial charge is 0.392 e. The molecule has 0 aromatic rings. The third-order valence-electron chi connectivity index (χ3n) is 4.20. The number of rotatable bonds is 2. The molecule has 2 N–H and O–H groups in total. The van der Waals surface area contributed by atoms with Crippen LogP contribution in [0.3, 0.4) is 0 Å². The number of hydrogen-bond donors (Lipinski definition) is 2. The molecule has 17 heavy (non-hydrogen) atoms. The summed E-state index contributed by atoms with van der Waals surface area (Å²) < 4.78 is 0. The van der Waals surface area contributed by atoms with Gasteiger partial charge in [0.2, 0.25) is 5.91 Å². The minimum atomic E-state index is -0.350. The van der Waals surface area contributed by atoms with Crippen LogP contribution in [0.4, 0.5) is 0 Å². The van der Waals surface area contributed by atoms with Gasteiger partial charge in [-0.05, 0) is 31.1 Å². The molecule has 0 radical (unpaired) electrons. The summed E-state index contributed by atoms with van der Waals surface area (Å²) in [6.45, 7) is 6.85. The summed E-state index contributed by atoms with van der Waals surface area (Å²) in [7, 11) is 0. The number of carbonyl (C=O) groups excluding carboxylic acids is 1. The van der Waals surface area contributed by atoms with E-state index in [0.717, 1.165) is 37.8 Å². The fourth-order valence-electron chi connectivity index (χ4n) is 2.91. The van der Waals surface area contributed by atoms with Crippen LogP contribution in [0.25, 0.3) is 0 Å². The third-order valence-corrected chi connectivity index (χ3v) is 4.20. The highest BCUT2D eigenvalue weighted by Crippen LogP contribution is 2.25. The highest BCUT2D eigenvalue weighted by Gasteiger charge is 2.33. The lowest BCUT2D eigenvalue weighted by molar-refractivity contribution is -0.134. The van der Waals surface area contributed by atoms with E-state index in [4.69, 9.17) is 0 Å². The number of piperidine rings is 1. The number of likely N-dealkylation sites (tertiary alicyclic amines) is 1. The van der Waals surface area contributed by atoms with Gasteiger partial charge in [0.1, 0.15) is 0 Å². The van der Waals surface area contributed by atoms with E-state index in [0.29, 0.717) is 13.0 Å². The van der Waals surface area contributed by atoms with Gasteiger partial charge in [0.25, 0.3) is 0 Å². The number of nitrogens with one attached hydrogen (secondary N) is 1. The van der Waals surface area contributed by atoms with Crippen molar-refractivity contribution < 1.29 is 9.90 Å². The van der Waals surface area contributed by atoms with Crippen molar-refractivity contribution in [1.29, 1.82) is 0 Å². The van der Waals surface area contributed by atoms with Gasteiger partial charge in [-0.15, -0.1) is 0 Å². The van der Waals surface area contributed by atoms with E-state index in [2.05, 4.69) is 19.2 Å². The standard InChI is InChI=1S/C13H24N2O2/c1-9(2)10-3-5-15(6-4-10)13(17)12-7-11(16)8-14-12/h9-12,14,16H,3-8H2,1-2H3/t11-,12-/m1/s1. The Morgan fingerprint density at radius 1 is 1.35 bits per heavy atom. The lowest BCUT2D eigenvalue weighted by atomic mass is 9.86. The maximum atomic E-state index is 12.2. The fraction of sp³-hybridized carbons (Fsp3) is 0.923. The predicted molar refractivity (Wildman–Crippen MR) is 66.6 cm³/mol. The van der Waals surface area contributed by atoms with Crippen molar-refractivity contribution in [2.75, 3.05) is 19.6 Å². The maximum Gasteiger partial charge on any atom is 0.239 e. The van der Waals surface area contributed by atoms with Gasteiger partial charge in [-0.1, -0.05) is 13.8 Å². The Morgan fingerprint density at radius 3 is 2.47 bits per heavy atom. The minimum absolute atomic E-state index is 0.152. The smallest absolute Gasteiger partial charge is 0.239 e. The molecule has 2 rings (SSSR count). The van der Waals surface area contributed by atoms with E-state index >= 15 is 0 Å². The van der Waals surface area contributed by atoms with Crippen molar-refractivity contribution in [1.82, 2.24) is 10.2 Å². The second kappa shape index (κ2) is 5.36. The van der Waals surface area contributed by atoms with Gasteiger partial charge in [-0.3, -0.25) is 4.79 Å². The van der Waals surface area contributed by atoms with Crippen LogP contribution in [-0.4, -0.2) is 47.7 Å². The van der Waals surface area contributed by atoms with Crippen LogP contribution in [0.15, 0.2) is 0 Å². The number of aliphatic hydroxyl groups excluding tert-OH is 1. The Bertz CT molecular complexity index is 273. The van der Waals surface area contributed by atoms with Gasteiger partial charge in [-0.2, -0.15) is 0 Å². The molecule has 0 aromatic carbocycles. The Kier molecular flexibility index (Phi) is 4.05. The Hall–Kier alpha value is -0.610. The molecular weight excluding hydrogens is 216 g/mol. The second-order valence-corrected chi connectivity index (χ2v) is 5.76. The molecule has 2 aliphatic heterocycles. The molecule has 2 saturated heterocycles. The summed E-state index contributed by atoms with van der Waals surface area (Å²) >= 11 is 0. The molecule has 98 valence electrons. The van der Waals surface area contributed by atoms with Crippen LogP contribution >= 0.6 is 0 Å². The van der Waals surface area contributed by atoms with Gasteiger partial charge < -0.3 is 15.3 Å².